The number of aromatic nitrogens is 2. The Morgan fingerprint density at radius 1 is 1.07 bits per heavy atom. The maximum atomic E-state index is 12.2. The van der Waals surface area contributed by atoms with Crippen LogP contribution in [0.5, 0.6) is 0 Å². The molecule has 0 aliphatic heterocycles. The van der Waals surface area contributed by atoms with E-state index in [4.69, 9.17) is 0 Å². The minimum absolute atomic E-state index is 0.0453. The summed E-state index contributed by atoms with van der Waals surface area (Å²) in [4.78, 5) is 14.0. The van der Waals surface area contributed by atoms with Crippen molar-refractivity contribution in [2.75, 3.05) is 19.3 Å². The van der Waals surface area contributed by atoms with Gasteiger partial charge in [0.2, 0.25) is 0 Å². The fraction of sp³-hybridized carbons (Fsp3) is 0.200. The van der Waals surface area contributed by atoms with Gasteiger partial charge in [0.1, 0.15) is 0 Å². The van der Waals surface area contributed by atoms with Crippen LogP contribution < -0.4 is 5.32 Å². The zero-order valence-corrected chi connectivity index (χ0v) is 16.3. The van der Waals surface area contributed by atoms with Crippen molar-refractivity contribution in [3.63, 3.8) is 0 Å². The Bertz CT molecular complexity index is 1020. The fourth-order valence-electron chi connectivity index (χ4n) is 2.68. The lowest BCUT2D eigenvalue weighted by atomic mass is 10.3. The molecular formula is C20H22N4O3S. The number of amides is 2. The van der Waals surface area contributed by atoms with E-state index in [1.165, 1.54) is 4.90 Å². The maximum absolute atomic E-state index is 12.2. The molecule has 1 N–H and O–H groups in total. The average Bonchev–Trinajstić information content (AvgIpc) is 3.17. The predicted octanol–water partition coefficient (Wildman–Crippen LogP) is 2.49. The Morgan fingerprint density at radius 3 is 2.39 bits per heavy atom. The normalized spacial score (nSPS) is 11.2. The molecule has 0 atom stereocenters. The summed E-state index contributed by atoms with van der Waals surface area (Å²) in [6, 6.07) is 17.6. The van der Waals surface area contributed by atoms with Crippen molar-refractivity contribution in [2.45, 2.75) is 11.4 Å². The third-order valence-corrected chi connectivity index (χ3v) is 5.90. The quantitative estimate of drug-likeness (QED) is 0.663. The van der Waals surface area contributed by atoms with Gasteiger partial charge < -0.3 is 10.2 Å². The summed E-state index contributed by atoms with van der Waals surface area (Å²) >= 11 is 0. The molecule has 3 rings (SSSR count). The second-order valence-corrected chi connectivity index (χ2v) is 8.46. The molecule has 3 aromatic rings. The van der Waals surface area contributed by atoms with E-state index in [2.05, 4.69) is 10.4 Å². The van der Waals surface area contributed by atoms with E-state index < -0.39 is 9.84 Å². The number of hydrogen-bond donors (Lipinski definition) is 1. The van der Waals surface area contributed by atoms with Crippen LogP contribution in [-0.2, 0) is 16.4 Å². The summed E-state index contributed by atoms with van der Waals surface area (Å²) in [5.74, 6) is -0.150. The number of benzene rings is 2. The fourth-order valence-corrected chi connectivity index (χ4v) is 3.86. The van der Waals surface area contributed by atoms with E-state index in [1.807, 2.05) is 36.5 Å². The molecular weight excluding hydrogens is 376 g/mol. The van der Waals surface area contributed by atoms with E-state index in [9.17, 15) is 13.2 Å². The first-order valence-electron chi connectivity index (χ1n) is 8.81. The highest BCUT2D eigenvalue weighted by Gasteiger charge is 2.15. The van der Waals surface area contributed by atoms with Crippen molar-refractivity contribution in [3.05, 3.63) is 78.6 Å². The molecule has 1 aromatic heterocycles. The van der Waals surface area contributed by atoms with Gasteiger partial charge in [0.05, 0.1) is 29.1 Å². The molecule has 2 aromatic carbocycles. The average molecular weight is 398 g/mol. The Balaban J connectivity index is 1.51. The molecule has 2 amide bonds. The van der Waals surface area contributed by atoms with Gasteiger partial charge in [-0.2, -0.15) is 5.10 Å². The van der Waals surface area contributed by atoms with Gasteiger partial charge in [-0.05, 0) is 24.3 Å². The zero-order chi connectivity index (χ0) is 20.0. The first-order chi connectivity index (χ1) is 13.5. The number of nitrogens with one attached hydrogen (secondary N) is 1. The maximum Gasteiger partial charge on any atom is 0.317 e. The second-order valence-electron chi connectivity index (χ2n) is 6.35. The molecule has 8 heteroatoms. The van der Waals surface area contributed by atoms with E-state index in [0.717, 1.165) is 11.3 Å². The Labute approximate surface area is 164 Å². The molecule has 0 saturated heterocycles. The molecule has 0 aliphatic carbocycles. The van der Waals surface area contributed by atoms with Crippen molar-refractivity contribution >= 4 is 15.9 Å². The molecule has 0 unspecified atom stereocenters. The van der Waals surface area contributed by atoms with Crippen LogP contribution in [0.15, 0.2) is 78.0 Å². The summed E-state index contributed by atoms with van der Waals surface area (Å²) in [7, 11) is -1.76. The van der Waals surface area contributed by atoms with Gasteiger partial charge in [0.15, 0.2) is 9.84 Å². The molecule has 0 saturated carbocycles. The summed E-state index contributed by atoms with van der Waals surface area (Å²) in [5, 5.41) is 6.95. The summed E-state index contributed by atoms with van der Waals surface area (Å²) in [6.07, 6.45) is 3.57. The molecule has 0 bridgehead atoms. The van der Waals surface area contributed by atoms with Gasteiger partial charge in [-0.15, -0.1) is 0 Å². The highest BCUT2D eigenvalue weighted by atomic mass is 32.2. The summed E-state index contributed by atoms with van der Waals surface area (Å²) in [6.45, 7) is 0.410. The Morgan fingerprint density at radius 2 is 1.71 bits per heavy atom. The molecule has 0 radical (unpaired) electrons. The van der Waals surface area contributed by atoms with Crippen molar-refractivity contribution < 1.29 is 13.2 Å². The van der Waals surface area contributed by atoms with Gasteiger partial charge in [-0.1, -0.05) is 36.4 Å². The van der Waals surface area contributed by atoms with E-state index >= 15 is 0 Å². The predicted molar refractivity (Wildman–Crippen MR) is 107 cm³/mol. The molecule has 1 heterocycles. The number of rotatable bonds is 7. The minimum atomic E-state index is -3.41. The number of carbonyl (C=O) groups excluding carboxylic acids is 1. The van der Waals surface area contributed by atoms with Crippen LogP contribution in [0.4, 0.5) is 4.79 Å². The summed E-state index contributed by atoms with van der Waals surface area (Å²) < 4.78 is 26.2. The number of sulfone groups is 1. The molecule has 28 heavy (non-hydrogen) atoms. The number of urea groups is 1. The zero-order valence-electron chi connectivity index (χ0n) is 15.5. The van der Waals surface area contributed by atoms with Crippen LogP contribution >= 0.6 is 0 Å². The van der Waals surface area contributed by atoms with Gasteiger partial charge in [-0.25, -0.2) is 17.9 Å². The standard InChI is InChI=1S/C20H22N4O3S/c1-23(15-17-14-22-24(16-17)18-8-4-2-5-9-18)20(25)21-12-13-28(26,27)19-10-6-3-7-11-19/h2-11,14,16H,12-13,15H2,1H3,(H,21,25). The highest BCUT2D eigenvalue weighted by Crippen LogP contribution is 2.10. The summed E-state index contributed by atoms with van der Waals surface area (Å²) in [5.41, 5.74) is 1.81. The molecule has 0 spiro atoms. The Kier molecular flexibility index (Phi) is 6.10. The first kappa shape index (κ1) is 19.6. The van der Waals surface area contributed by atoms with Crippen LogP contribution in [0.3, 0.4) is 0 Å². The Hall–Kier alpha value is -3.13. The second kappa shape index (κ2) is 8.71. The van der Waals surface area contributed by atoms with Crippen molar-refractivity contribution in [3.8, 4) is 5.69 Å². The van der Waals surface area contributed by atoms with Crippen LogP contribution in [-0.4, -0.2) is 48.5 Å². The lowest BCUT2D eigenvalue weighted by molar-refractivity contribution is 0.207. The monoisotopic (exact) mass is 398 g/mol. The third-order valence-electron chi connectivity index (χ3n) is 4.17. The first-order valence-corrected chi connectivity index (χ1v) is 10.5. The number of para-hydroxylation sites is 1. The van der Waals surface area contributed by atoms with Crippen LogP contribution in [0.1, 0.15) is 5.56 Å². The van der Waals surface area contributed by atoms with Crippen molar-refractivity contribution in [2.24, 2.45) is 0 Å². The highest BCUT2D eigenvalue weighted by molar-refractivity contribution is 7.91. The van der Waals surface area contributed by atoms with Gasteiger partial charge >= 0.3 is 6.03 Å². The number of carbonyl (C=O) groups is 1. The largest absolute Gasteiger partial charge is 0.337 e. The lowest BCUT2D eigenvalue weighted by Gasteiger charge is -2.17. The van der Waals surface area contributed by atoms with Crippen LogP contribution in [0, 0.1) is 0 Å². The number of hydrogen-bond acceptors (Lipinski definition) is 4. The topological polar surface area (TPSA) is 84.3 Å². The van der Waals surface area contributed by atoms with Crippen LogP contribution in [0.25, 0.3) is 5.69 Å². The van der Waals surface area contributed by atoms with Crippen LogP contribution in [0.2, 0.25) is 0 Å². The van der Waals surface area contributed by atoms with Crippen molar-refractivity contribution in [1.82, 2.24) is 20.0 Å². The van der Waals surface area contributed by atoms with Gasteiger partial charge in [0.25, 0.3) is 0 Å². The molecule has 7 nitrogen and oxygen atoms in total. The smallest absolute Gasteiger partial charge is 0.317 e. The van der Waals surface area contributed by atoms with Gasteiger partial charge in [-0.3, -0.25) is 0 Å². The van der Waals surface area contributed by atoms with E-state index in [1.54, 1.807) is 48.3 Å². The number of nitrogens with zero attached hydrogens (tertiary/aromatic N) is 3. The molecule has 0 fully saturated rings. The molecule has 146 valence electrons. The van der Waals surface area contributed by atoms with E-state index in [-0.39, 0.29) is 23.2 Å². The molecule has 0 aliphatic rings. The third kappa shape index (κ3) is 4.98. The SMILES string of the molecule is CN(Cc1cnn(-c2ccccc2)c1)C(=O)NCCS(=O)(=O)c1ccccc1. The van der Waals surface area contributed by atoms with Crippen molar-refractivity contribution in [1.29, 1.82) is 0 Å². The lowest BCUT2D eigenvalue weighted by Crippen LogP contribution is -2.39. The minimum Gasteiger partial charge on any atom is -0.337 e. The van der Waals surface area contributed by atoms with E-state index in [0.29, 0.717) is 6.54 Å². The van der Waals surface area contributed by atoms with Gasteiger partial charge in [0, 0.05) is 25.4 Å².